The fourth-order valence-corrected chi connectivity index (χ4v) is 2.80. The van der Waals surface area contributed by atoms with Crippen LogP contribution in [0, 0.1) is 0 Å². The molecule has 0 N–H and O–H groups in total. The Balaban J connectivity index is 1.50. The Morgan fingerprint density at radius 1 is 1.00 bits per heavy atom. The van der Waals surface area contributed by atoms with Crippen molar-refractivity contribution in [3.05, 3.63) is 35.9 Å². The van der Waals surface area contributed by atoms with Crippen LogP contribution < -0.4 is 0 Å². The average Bonchev–Trinajstić information content (AvgIpc) is 3.27. The van der Waals surface area contributed by atoms with E-state index in [2.05, 4.69) is 0 Å². The molecule has 102 valence electrons. The van der Waals surface area contributed by atoms with E-state index < -0.39 is 0 Å². The number of hydrogen-bond acceptors (Lipinski definition) is 5. The number of hydrogen-bond donors (Lipinski definition) is 0. The lowest BCUT2D eigenvalue weighted by Gasteiger charge is -2.39. The highest BCUT2D eigenvalue weighted by Crippen LogP contribution is 2.43. The van der Waals surface area contributed by atoms with Crippen LogP contribution in [0.4, 0.5) is 0 Å². The van der Waals surface area contributed by atoms with Crippen molar-refractivity contribution in [3.8, 4) is 0 Å². The van der Waals surface area contributed by atoms with Gasteiger partial charge in [-0.05, 0) is 0 Å². The number of methoxy groups -OCH3 is 1. The van der Waals surface area contributed by atoms with Gasteiger partial charge in [0.25, 0.3) is 0 Å². The third kappa shape index (κ3) is 1.98. The molecular weight excluding hydrogens is 248 g/mol. The van der Waals surface area contributed by atoms with E-state index in [-0.39, 0.29) is 37.0 Å². The van der Waals surface area contributed by atoms with Gasteiger partial charge in [0.05, 0.1) is 6.61 Å². The van der Waals surface area contributed by atoms with Gasteiger partial charge >= 0.3 is 0 Å². The Labute approximate surface area is 111 Å². The minimum Gasteiger partial charge on any atom is -0.361 e. The molecule has 0 aliphatic carbocycles. The summed E-state index contributed by atoms with van der Waals surface area (Å²) >= 11 is 0. The maximum Gasteiger partial charge on any atom is 0.186 e. The molecule has 5 heteroatoms. The predicted octanol–water partition coefficient (Wildman–Crippen LogP) is 1.24. The normalized spacial score (nSPS) is 44.3. The van der Waals surface area contributed by atoms with Crippen molar-refractivity contribution in [1.29, 1.82) is 0 Å². The van der Waals surface area contributed by atoms with E-state index in [9.17, 15) is 0 Å². The fraction of sp³-hybridized carbons (Fsp3) is 0.571. The van der Waals surface area contributed by atoms with Crippen molar-refractivity contribution in [3.63, 3.8) is 0 Å². The molecule has 0 amide bonds. The summed E-state index contributed by atoms with van der Waals surface area (Å²) in [6.07, 6.45) is -0.759. The summed E-state index contributed by atoms with van der Waals surface area (Å²) in [4.78, 5) is 0. The fourth-order valence-electron chi connectivity index (χ4n) is 2.80. The molecule has 1 aromatic rings. The van der Waals surface area contributed by atoms with Gasteiger partial charge in [0.15, 0.2) is 12.6 Å². The van der Waals surface area contributed by atoms with Gasteiger partial charge < -0.3 is 23.7 Å². The van der Waals surface area contributed by atoms with Gasteiger partial charge in [0, 0.05) is 12.7 Å². The molecule has 0 unspecified atom stereocenters. The topological polar surface area (TPSA) is 49.5 Å². The Bertz CT molecular complexity index is 450. The Hall–Kier alpha value is -0.980. The van der Waals surface area contributed by atoms with Gasteiger partial charge in [-0.2, -0.15) is 0 Å². The van der Waals surface area contributed by atoms with Crippen molar-refractivity contribution in [1.82, 2.24) is 0 Å². The zero-order valence-corrected chi connectivity index (χ0v) is 10.6. The summed E-state index contributed by atoms with van der Waals surface area (Å²) in [6.45, 7) is 0.497. The van der Waals surface area contributed by atoms with Crippen LogP contribution in [0.15, 0.2) is 30.3 Å². The summed E-state index contributed by atoms with van der Waals surface area (Å²) in [5, 5.41) is 0. The van der Waals surface area contributed by atoms with Crippen LogP contribution >= 0.6 is 0 Å². The van der Waals surface area contributed by atoms with E-state index in [4.69, 9.17) is 23.7 Å². The molecule has 3 aliphatic heterocycles. The number of rotatable bonds is 2. The highest BCUT2D eigenvalue weighted by Gasteiger charge is 2.60. The average molecular weight is 264 g/mol. The van der Waals surface area contributed by atoms with E-state index >= 15 is 0 Å². The lowest BCUT2D eigenvalue weighted by molar-refractivity contribution is -0.304. The van der Waals surface area contributed by atoms with E-state index in [1.807, 2.05) is 30.3 Å². The zero-order valence-electron chi connectivity index (χ0n) is 10.6. The highest BCUT2D eigenvalue weighted by atomic mass is 16.8. The molecule has 3 aliphatic rings. The monoisotopic (exact) mass is 264 g/mol. The standard InChI is InChI=1S/C14H16O5/c1-15-14-12-11(18-12)10-9(17-14)7-16-13(19-10)8-5-3-2-4-6-8/h2-6,9-14H,7H2,1H3/t9-,10-,11-,12-,13-,14-/m0/s1. The molecule has 4 rings (SSSR count). The van der Waals surface area contributed by atoms with Crippen molar-refractivity contribution >= 4 is 0 Å². The smallest absolute Gasteiger partial charge is 0.186 e. The molecule has 3 heterocycles. The first kappa shape index (κ1) is 11.8. The molecule has 0 bridgehead atoms. The summed E-state index contributed by atoms with van der Waals surface area (Å²) in [7, 11) is 1.63. The Morgan fingerprint density at radius 3 is 2.63 bits per heavy atom. The third-order valence-electron chi connectivity index (χ3n) is 3.83. The highest BCUT2D eigenvalue weighted by molar-refractivity contribution is 5.17. The first-order valence-corrected chi connectivity index (χ1v) is 6.52. The van der Waals surface area contributed by atoms with Crippen molar-refractivity contribution in [2.45, 2.75) is 37.0 Å². The minimum absolute atomic E-state index is 0.000716. The number of benzene rings is 1. The van der Waals surface area contributed by atoms with Crippen LogP contribution in [-0.4, -0.2) is 44.4 Å². The number of fused-ring (bicyclic) bond motifs is 3. The van der Waals surface area contributed by atoms with Gasteiger partial charge in [-0.15, -0.1) is 0 Å². The molecule has 0 aromatic heterocycles. The summed E-state index contributed by atoms with van der Waals surface area (Å²) < 4.78 is 28.4. The minimum atomic E-state index is -0.338. The van der Waals surface area contributed by atoms with Crippen molar-refractivity contribution in [2.75, 3.05) is 13.7 Å². The second-order valence-electron chi connectivity index (χ2n) is 5.02. The van der Waals surface area contributed by atoms with Crippen LogP contribution in [0.1, 0.15) is 11.9 Å². The van der Waals surface area contributed by atoms with Gasteiger partial charge in [-0.1, -0.05) is 30.3 Å². The van der Waals surface area contributed by atoms with Crippen molar-refractivity contribution in [2.24, 2.45) is 0 Å². The van der Waals surface area contributed by atoms with E-state index in [0.717, 1.165) is 5.56 Å². The van der Waals surface area contributed by atoms with Crippen LogP contribution in [0.3, 0.4) is 0 Å². The summed E-state index contributed by atoms with van der Waals surface area (Å²) in [5.74, 6) is 0. The predicted molar refractivity (Wildman–Crippen MR) is 64.3 cm³/mol. The SMILES string of the molecule is CO[C@H]1O[C@H]2CO[C@H](c3ccccc3)O[C@@H]2[C@@H]2O[C@H]12. The first-order valence-electron chi connectivity index (χ1n) is 6.52. The Morgan fingerprint density at radius 2 is 1.84 bits per heavy atom. The third-order valence-corrected chi connectivity index (χ3v) is 3.83. The molecule has 0 spiro atoms. The van der Waals surface area contributed by atoms with Crippen molar-refractivity contribution < 1.29 is 23.7 Å². The summed E-state index contributed by atoms with van der Waals surface area (Å²) in [6, 6.07) is 9.92. The van der Waals surface area contributed by atoms with Crippen LogP contribution in [0.25, 0.3) is 0 Å². The first-order chi connectivity index (χ1) is 9.36. The zero-order chi connectivity index (χ0) is 12.8. The molecule has 0 radical (unpaired) electrons. The molecule has 1 aromatic carbocycles. The molecule has 3 saturated heterocycles. The van der Waals surface area contributed by atoms with E-state index in [1.54, 1.807) is 7.11 Å². The second-order valence-corrected chi connectivity index (χ2v) is 5.02. The summed E-state index contributed by atoms with van der Waals surface area (Å²) in [5.41, 5.74) is 1.02. The quantitative estimate of drug-likeness (QED) is 0.752. The maximum atomic E-state index is 6.00. The largest absolute Gasteiger partial charge is 0.361 e. The van der Waals surface area contributed by atoms with Gasteiger partial charge in [-0.3, -0.25) is 0 Å². The lowest BCUT2D eigenvalue weighted by Crippen LogP contribution is -2.52. The molecular formula is C14H16O5. The maximum absolute atomic E-state index is 6.00. The van der Waals surface area contributed by atoms with E-state index in [1.165, 1.54) is 0 Å². The molecule has 19 heavy (non-hydrogen) atoms. The molecule has 5 nitrogen and oxygen atoms in total. The van der Waals surface area contributed by atoms with Crippen LogP contribution in [0.5, 0.6) is 0 Å². The second kappa shape index (κ2) is 4.54. The molecule has 3 fully saturated rings. The number of ether oxygens (including phenoxy) is 5. The lowest BCUT2D eigenvalue weighted by atomic mass is 10.0. The van der Waals surface area contributed by atoms with E-state index in [0.29, 0.717) is 6.61 Å². The van der Waals surface area contributed by atoms with Crippen LogP contribution in [-0.2, 0) is 23.7 Å². The molecule has 0 saturated carbocycles. The number of epoxide rings is 1. The van der Waals surface area contributed by atoms with Gasteiger partial charge in [-0.25, -0.2) is 0 Å². The van der Waals surface area contributed by atoms with Gasteiger partial charge in [0.2, 0.25) is 0 Å². The van der Waals surface area contributed by atoms with Gasteiger partial charge in [0.1, 0.15) is 24.4 Å². The Kier molecular flexibility index (Phi) is 2.82. The van der Waals surface area contributed by atoms with Crippen LogP contribution in [0.2, 0.25) is 0 Å². The molecule has 6 atom stereocenters.